The number of methoxy groups -OCH3 is 1. The van der Waals surface area contributed by atoms with Gasteiger partial charge in [0, 0.05) is 50.8 Å². The number of hydrogen-bond donors (Lipinski definition) is 1. The molecule has 0 atom stereocenters. The number of ether oxygens (including phenoxy) is 4. The summed E-state index contributed by atoms with van der Waals surface area (Å²) in [4.78, 5) is 43.5. The lowest BCUT2D eigenvalue weighted by atomic mass is 10.0. The van der Waals surface area contributed by atoms with Crippen molar-refractivity contribution in [2.45, 2.75) is 117 Å². The summed E-state index contributed by atoms with van der Waals surface area (Å²) in [6, 6.07) is 16.1. The van der Waals surface area contributed by atoms with E-state index in [-0.39, 0.29) is 30.2 Å². The maximum absolute atomic E-state index is 15.0. The number of thiazole rings is 2. The van der Waals surface area contributed by atoms with Gasteiger partial charge >= 0.3 is 12.1 Å². The van der Waals surface area contributed by atoms with E-state index in [0.29, 0.717) is 61.6 Å². The van der Waals surface area contributed by atoms with Gasteiger partial charge in [0.1, 0.15) is 12.3 Å². The molecule has 1 aliphatic rings. The number of piperidine rings is 1. The minimum Gasteiger partial charge on any atom is -0.491 e. The van der Waals surface area contributed by atoms with Gasteiger partial charge in [0.05, 0.1) is 30.5 Å². The Balaban J connectivity index is 1.18. The maximum Gasteiger partial charge on any atom is 0.407 e. The Bertz CT molecular complexity index is 2690. The number of anilines is 2. The van der Waals surface area contributed by atoms with Crippen LogP contribution in [0.3, 0.4) is 0 Å². The first-order valence-electron chi connectivity index (χ1n) is 24.5. The number of carbonyl (C=O) groups is 2. The number of alkyl carbamates (subject to hydrolysis) is 1. The van der Waals surface area contributed by atoms with Crippen molar-refractivity contribution in [1.29, 1.82) is 0 Å². The predicted octanol–water partition coefficient (Wildman–Crippen LogP) is 9.95. The van der Waals surface area contributed by atoms with Crippen molar-refractivity contribution in [2.75, 3.05) is 72.0 Å². The number of nitrogens with one attached hydrogen (secondary N) is 1. The number of fused-ring (bicyclic) bond motifs is 1. The zero-order valence-corrected chi connectivity index (χ0v) is 45.9. The van der Waals surface area contributed by atoms with Crippen LogP contribution in [0.4, 0.5) is 26.0 Å². The van der Waals surface area contributed by atoms with Gasteiger partial charge in [0.2, 0.25) is 0 Å². The fraction of sp³-hybridized carbons (Fsp3) is 0.538. The van der Waals surface area contributed by atoms with Gasteiger partial charge in [0.25, 0.3) is 0 Å². The molecule has 1 aliphatic heterocycles. The summed E-state index contributed by atoms with van der Waals surface area (Å²) in [6.45, 7) is 19.8. The van der Waals surface area contributed by atoms with E-state index in [9.17, 15) is 14.0 Å². The van der Waals surface area contributed by atoms with Crippen LogP contribution in [-0.2, 0) is 27.4 Å². The monoisotopic (exact) mass is 1030 g/mol. The summed E-state index contributed by atoms with van der Waals surface area (Å²) < 4.78 is 40.9. The van der Waals surface area contributed by atoms with E-state index in [2.05, 4.69) is 58.4 Å². The molecule has 2 aromatic carbocycles. The molecule has 6 rings (SSSR count). The van der Waals surface area contributed by atoms with Gasteiger partial charge in [-0.1, -0.05) is 61.4 Å². The third kappa shape index (κ3) is 17.2. The molecule has 1 amide bonds. The minimum atomic E-state index is -1.26. The Morgan fingerprint density at radius 3 is 2.48 bits per heavy atom. The van der Waals surface area contributed by atoms with Crippen molar-refractivity contribution in [3.63, 3.8) is 0 Å². The smallest absolute Gasteiger partial charge is 0.407 e. The number of amides is 1. The van der Waals surface area contributed by atoms with Crippen LogP contribution in [-0.4, -0.2) is 128 Å². The van der Waals surface area contributed by atoms with Gasteiger partial charge in [-0.3, -0.25) is 9.47 Å². The molecular weight excluding hydrogens is 958 g/mol. The first kappa shape index (κ1) is 55.1. The van der Waals surface area contributed by atoms with Crippen LogP contribution in [0.25, 0.3) is 10.2 Å². The third-order valence-corrected chi connectivity index (χ3v) is 15.5. The first-order valence-corrected chi connectivity index (χ1v) is 29.9. The quantitative estimate of drug-likeness (QED) is 0.0304. The molecule has 19 heteroatoms. The maximum atomic E-state index is 15.0. The van der Waals surface area contributed by atoms with E-state index in [1.807, 2.05) is 69.8 Å². The molecular formula is C52H72FN9O6S2Si. The summed E-state index contributed by atoms with van der Waals surface area (Å²) in [6.07, 6.45) is 5.10. The van der Waals surface area contributed by atoms with Crippen molar-refractivity contribution in [1.82, 2.24) is 34.9 Å². The molecule has 0 aliphatic carbocycles. The molecule has 5 aromatic rings. The van der Waals surface area contributed by atoms with Crippen LogP contribution < -0.4 is 19.8 Å². The van der Waals surface area contributed by atoms with E-state index >= 15 is 0 Å². The molecule has 0 spiro atoms. The van der Waals surface area contributed by atoms with Gasteiger partial charge in [-0.15, -0.1) is 21.5 Å². The average molecular weight is 1030 g/mol. The van der Waals surface area contributed by atoms with Gasteiger partial charge < -0.3 is 34.1 Å². The van der Waals surface area contributed by atoms with Crippen LogP contribution in [0, 0.1) is 24.6 Å². The Kier molecular flexibility index (Phi) is 20.1. The average Bonchev–Trinajstić information content (AvgIpc) is 3.89. The first-order chi connectivity index (χ1) is 33.9. The summed E-state index contributed by atoms with van der Waals surface area (Å²) in [5, 5.41) is 13.1. The molecule has 71 heavy (non-hydrogen) atoms. The van der Waals surface area contributed by atoms with Gasteiger partial charge in [-0.2, -0.15) is 4.99 Å². The molecule has 0 saturated carbocycles. The lowest BCUT2D eigenvalue weighted by molar-refractivity contribution is 0.0478. The molecule has 4 heterocycles. The molecule has 384 valence electrons. The second kappa shape index (κ2) is 25.9. The molecule has 0 unspecified atom stereocenters. The summed E-state index contributed by atoms with van der Waals surface area (Å²) >= 11 is 2.99. The molecule has 1 saturated heterocycles. The van der Waals surface area contributed by atoms with Crippen molar-refractivity contribution in [2.24, 2.45) is 4.99 Å². The van der Waals surface area contributed by atoms with Crippen LogP contribution >= 0.6 is 22.7 Å². The highest BCUT2D eigenvalue weighted by Crippen LogP contribution is 2.34. The largest absolute Gasteiger partial charge is 0.491 e. The van der Waals surface area contributed by atoms with Crippen molar-refractivity contribution < 1.29 is 32.9 Å². The number of aromatic nitrogens is 4. The van der Waals surface area contributed by atoms with Gasteiger partial charge in [0.15, 0.2) is 38.8 Å². The lowest BCUT2D eigenvalue weighted by Gasteiger charge is -2.32. The van der Waals surface area contributed by atoms with E-state index in [4.69, 9.17) is 39.1 Å². The number of rotatable bonds is 22. The van der Waals surface area contributed by atoms with Crippen molar-refractivity contribution >= 4 is 69.8 Å². The van der Waals surface area contributed by atoms with Crippen LogP contribution in [0.15, 0.2) is 53.5 Å². The number of carbonyl (C=O) groups excluding carboxylic acids is 2. The zero-order chi connectivity index (χ0) is 51.1. The molecule has 0 radical (unpaired) electrons. The molecule has 1 N–H and O–H groups in total. The lowest BCUT2D eigenvalue weighted by Crippen LogP contribution is -2.46. The van der Waals surface area contributed by atoms with Gasteiger partial charge in [-0.05, 0) is 135 Å². The number of likely N-dealkylation sites (tertiary alicyclic amines) is 1. The van der Waals surface area contributed by atoms with Crippen LogP contribution in [0.1, 0.15) is 85.8 Å². The fourth-order valence-electron chi connectivity index (χ4n) is 7.72. The van der Waals surface area contributed by atoms with Crippen molar-refractivity contribution in [3.8, 4) is 17.6 Å². The Morgan fingerprint density at radius 2 is 1.77 bits per heavy atom. The molecule has 1 fully saturated rings. The van der Waals surface area contributed by atoms with E-state index in [1.165, 1.54) is 24.5 Å². The van der Waals surface area contributed by atoms with Crippen molar-refractivity contribution in [3.05, 3.63) is 80.8 Å². The number of nitrogens with zero attached hydrogens (tertiary/aromatic N) is 8. The normalized spacial score (nSPS) is 13.9. The number of esters is 1. The number of benzene rings is 2. The second-order valence-electron chi connectivity index (χ2n) is 20.3. The zero-order valence-electron chi connectivity index (χ0n) is 43.2. The number of para-hydroxylation sites is 1. The highest BCUT2D eigenvalue weighted by molar-refractivity contribution is 7.16. The minimum absolute atomic E-state index is 0.104. The van der Waals surface area contributed by atoms with E-state index in [1.54, 1.807) is 23.5 Å². The number of hydrogen-bond acceptors (Lipinski definition) is 15. The molecule has 0 bridgehead atoms. The SMILES string of the molecule is COC(=O)c1nc(N(CCCCCN2CCC(NC(=O)OC(C)(C)C)CC2)c2cc(C)c(N=c3sc4ccccc4n3COCC[Si](C)(C)C)nn2)sc1CCCOc1ccc(C#CCN(C)C)cc1F. The summed E-state index contributed by atoms with van der Waals surface area (Å²) in [5.74, 6) is 6.21. The molecule has 15 nitrogen and oxygen atoms in total. The van der Waals surface area contributed by atoms with Crippen LogP contribution in [0.2, 0.25) is 25.7 Å². The summed E-state index contributed by atoms with van der Waals surface area (Å²) in [5.41, 5.74) is 2.15. The highest BCUT2D eigenvalue weighted by atomic mass is 32.1. The number of unbranched alkanes of at least 4 members (excludes halogenated alkanes) is 2. The third-order valence-electron chi connectivity index (χ3n) is 11.6. The second-order valence-corrected chi connectivity index (χ2v) is 28.0. The number of aryl methyl sites for hydroxylation is 2. The predicted molar refractivity (Wildman–Crippen MR) is 285 cm³/mol. The number of halogens is 1. The summed E-state index contributed by atoms with van der Waals surface area (Å²) in [7, 11) is 3.94. The fourth-order valence-corrected chi connectivity index (χ4v) is 10.6. The Morgan fingerprint density at radius 1 is 1.00 bits per heavy atom. The standard InChI is InChI=1S/C52H72FN9O6S2Si/c1-37-34-45(57-58-47(37)56-50-62(36-66-32-33-71(8,9)10)41-19-12-13-20-43(41)69-50)61(28-15-11-14-27-60-29-24-39(25-30-60)54-51(64)68-52(2,3)4)49-55-46(48(63)65-7)44(70-49)21-17-31-67-42-23-22-38(35-40(42)53)18-16-26-59(5)6/h12-13,19-20,22-23,34-35,39H,11,14-15,17,21,24-33,36H2,1-10H3,(H,54,64). The Hall–Kier alpha value is -5.23. The van der Waals surface area contributed by atoms with Gasteiger partial charge in [-0.25, -0.2) is 19.0 Å². The Labute approximate surface area is 427 Å². The van der Waals surface area contributed by atoms with Crippen LogP contribution in [0.5, 0.6) is 5.75 Å². The molecule has 3 aromatic heterocycles. The van der Waals surface area contributed by atoms with E-state index in [0.717, 1.165) is 83.2 Å². The van der Waals surface area contributed by atoms with E-state index < -0.39 is 25.5 Å². The highest BCUT2D eigenvalue weighted by Gasteiger charge is 2.26. The topological polar surface area (TPSA) is 149 Å².